The Bertz CT molecular complexity index is 1110. The number of hydrogen-bond donors (Lipinski definition) is 1. The van der Waals surface area contributed by atoms with Crippen LogP contribution in [0.3, 0.4) is 0 Å². The minimum Gasteiger partial charge on any atom is -0.483 e. The number of carbonyl (C=O) groups is 1. The van der Waals surface area contributed by atoms with Crippen LogP contribution < -0.4 is 10.1 Å². The maximum absolute atomic E-state index is 12.6. The van der Waals surface area contributed by atoms with E-state index < -0.39 is 0 Å². The number of nitrogens with one attached hydrogen (secondary N) is 1. The molecule has 1 heterocycles. The molecule has 3 rings (SSSR count). The van der Waals surface area contributed by atoms with Crippen LogP contribution in [0.4, 0.5) is 5.69 Å². The standard InChI is InChI=1S/C26H33BrN4O2S/c1-16(2)14-31-25(19(6)33-22-10-7-20(8-11-22)17(3)4)29-30-26(31)34-15-24(32)28-23-12-9-21(27)13-18(23)5/h7-13,16-17,19H,14-15H2,1-6H3,(H,28,32). The van der Waals surface area contributed by atoms with Crippen molar-refractivity contribution in [1.82, 2.24) is 14.8 Å². The van der Waals surface area contributed by atoms with Gasteiger partial charge in [0.05, 0.1) is 5.75 Å². The van der Waals surface area contributed by atoms with Gasteiger partial charge in [-0.05, 0) is 67.1 Å². The molecule has 8 heteroatoms. The van der Waals surface area contributed by atoms with Gasteiger partial charge in [0.2, 0.25) is 5.91 Å². The zero-order valence-corrected chi connectivity index (χ0v) is 23.0. The number of hydrogen-bond acceptors (Lipinski definition) is 5. The Morgan fingerprint density at radius 1 is 1.09 bits per heavy atom. The first kappa shape index (κ1) is 26.3. The number of benzene rings is 2. The number of aromatic nitrogens is 3. The summed E-state index contributed by atoms with van der Waals surface area (Å²) < 4.78 is 9.24. The third-order valence-corrected chi connectivity index (χ3v) is 6.77. The largest absolute Gasteiger partial charge is 0.483 e. The lowest BCUT2D eigenvalue weighted by atomic mass is 10.0. The number of halogens is 1. The fourth-order valence-corrected chi connectivity index (χ4v) is 4.75. The van der Waals surface area contributed by atoms with Gasteiger partial charge in [-0.25, -0.2) is 0 Å². The topological polar surface area (TPSA) is 69.0 Å². The second-order valence-corrected chi connectivity index (χ2v) is 11.0. The van der Waals surface area contributed by atoms with Gasteiger partial charge < -0.3 is 14.6 Å². The van der Waals surface area contributed by atoms with E-state index in [1.54, 1.807) is 0 Å². The molecule has 0 aliphatic carbocycles. The number of nitrogens with zero attached hydrogens (tertiary/aromatic N) is 3. The van der Waals surface area contributed by atoms with E-state index in [-0.39, 0.29) is 17.8 Å². The van der Waals surface area contributed by atoms with E-state index in [2.05, 4.69) is 75.8 Å². The third-order valence-electron chi connectivity index (χ3n) is 5.31. The number of rotatable bonds is 10. The Balaban J connectivity index is 1.69. The molecule has 0 fully saturated rings. The summed E-state index contributed by atoms with van der Waals surface area (Å²) in [5.74, 6) is 2.60. The molecule has 0 spiro atoms. The number of amides is 1. The van der Waals surface area contributed by atoms with Crippen molar-refractivity contribution in [1.29, 1.82) is 0 Å². The summed E-state index contributed by atoms with van der Waals surface area (Å²) in [7, 11) is 0. The number of aryl methyl sites for hydroxylation is 1. The van der Waals surface area contributed by atoms with Crippen molar-refractivity contribution in [2.75, 3.05) is 11.1 Å². The summed E-state index contributed by atoms with van der Waals surface area (Å²) in [5, 5.41) is 12.5. The molecule has 0 aliphatic rings. The Morgan fingerprint density at radius 2 is 1.79 bits per heavy atom. The summed E-state index contributed by atoms with van der Waals surface area (Å²) in [5.41, 5.74) is 3.09. The zero-order chi connectivity index (χ0) is 24.8. The van der Waals surface area contributed by atoms with Crippen LogP contribution in [0.15, 0.2) is 52.1 Å². The molecule has 2 aromatic carbocycles. The van der Waals surface area contributed by atoms with Crippen molar-refractivity contribution in [2.24, 2.45) is 5.92 Å². The third kappa shape index (κ3) is 7.09. The van der Waals surface area contributed by atoms with E-state index in [0.29, 0.717) is 11.8 Å². The van der Waals surface area contributed by atoms with Crippen molar-refractivity contribution < 1.29 is 9.53 Å². The van der Waals surface area contributed by atoms with E-state index in [0.717, 1.165) is 39.0 Å². The minimum absolute atomic E-state index is 0.0781. The van der Waals surface area contributed by atoms with Crippen molar-refractivity contribution in [2.45, 2.75) is 65.3 Å². The van der Waals surface area contributed by atoms with Gasteiger partial charge in [0.1, 0.15) is 5.75 Å². The molecule has 0 saturated carbocycles. The fraction of sp³-hybridized carbons (Fsp3) is 0.423. The van der Waals surface area contributed by atoms with Crippen LogP contribution in [-0.2, 0) is 11.3 Å². The normalized spacial score (nSPS) is 12.3. The lowest BCUT2D eigenvalue weighted by Gasteiger charge is -2.18. The summed E-state index contributed by atoms with van der Waals surface area (Å²) in [6.07, 6.45) is -0.273. The minimum atomic E-state index is -0.273. The molecule has 1 amide bonds. The fourth-order valence-electron chi connectivity index (χ4n) is 3.52. The van der Waals surface area contributed by atoms with Gasteiger partial charge in [-0.1, -0.05) is 67.5 Å². The Hall–Kier alpha value is -2.32. The summed E-state index contributed by atoms with van der Waals surface area (Å²) in [6, 6.07) is 14.0. The number of anilines is 1. The Morgan fingerprint density at radius 3 is 2.41 bits per heavy atom. The Kier molecular flexibility index (Phi) is 9.19. The van der Waals surface area contributed by atoms with Crippen LogP contribution in [0.1, 0.15) is 63.6 Å². The maximum atomic E-state index is 12.6. The molecule has 0 saturated heterocycles. The highest BCUT2D eigenvalue weighted by Gasteiger charge is 2.21. The van der Waals surface area contributed by atoms with Crippen LogP contribution >= 0.6 is 27.7 Å². The van der Waals surface area contributed by atoms with Crippen molar-refractivity contribution >= 4 is 39.3 Å². The molecule has 1 aromatic heterocycles. The first-order valence-corrected chi connectivity index (χ1v) is 13.3. The van der Waals surface area contributed by atoms with Gasteiger partial charge in [-0.2, -0.15) is 0 Å². The molecule has 1 atom stereocenters. The van der Waals surface area contributed by atoms with Crippen LogP contribution in [0.25, 0.3) is 0 Å². The molecular formula is C26H33BrN4O2S. The lowest BCUT2D eigenvalue weighted by molar-refractivity contribution is -0.113. The molecule has 34 heavy (non-hydrogen) atoms. The van der Waals surface area contributed by atoms with Crippen molar-refractivity contribution in [3.8, 4) is 5.75 Å². The van der Waals surface area contributed by atoms with E-state index in [1.165, 1.54) is 17.3 Å². The first-order valence-electron chi connectivity index (χ1n) is 11.5. The number of ether oxygens (including phenoxy) is 1. The summed E-state index contributed by atoms with van der Waals surface area (Å²) in [6.45, 7) is 13.3. The second-order valence-electron chi connectivity index (χ2n) is 9.13. The van der Waals surface area contributed by atoms with Crippen LogP contribution in [0, 0.1) is 12.8 Å². The molecule has 0 aliphatic heterocycles. The van der Waals surface area contributed by atoms with E-state index in [1.807, 2.05) is 44.2 Å². The maximum Gasteiger partial charge on any atom is 0.234 e. The quantitative estimate of drug-likeness (QED) is 0.278. The smallest absolute Gasteiger partial charge is 0.234 e. The second kappa shape index (κ2) is 11.9. The van der Waals surface area contributed by atoms with E-state index >= 15 is 0 Å². The van der Waals surface area contributed by atoms with Gasteiger partial charge in [0.25, 0.3) is 0 Å². The number of thioether (sulfide) groups is 1. The highest BCUT2D eigenvalue weighted by molar-refractivity contribution is 9.10. The summed E-state index contributed by atoms with van der Waals surface area (Å²) in [4.78, 5) is 12.6. The monoisotopic (exact) mass is 544 g/mol. The Labute approximate surface area is 215 Å². The van der Waals surface area contributed by atoms with Crippen molar-refractivity contribution in [3.63, 3.8) is 0 Å². The molecule has 182 valence electrons. The van der Waals surface area contributed by atoms with Crippen LogP contribution in [0.5, 0.6) is 5.75 Å². The van der Waals surface area contributed by atoms with Crippen LogP contribution in [0.2, 0.25) is 0 Å². The van der Waals surface area contributed by atoms with Gasteiger partial charge >= 0.3 is 0 Å². The van der Waals surface area contributed by atoms with Crippen LogP contribution in [-0.4, -0.2) is 26.4 Å². The average molecular weight is 546 g/mol. The highest BCUT2D eigenvalue weighted by atomic mass is 79.9. The first-order chi connectivity index (χ1) is 16.1. The molecule has 6 nitrogen and oxygen atoms in total. The highest BCUT2D eigenvalue weighted by Crippen LogP contribution is 2.27. The average Bonchev–Trinajstić information content (AvgIpc) is 3.16. The predicted octanol–water partition coefficient (Wildman–Crippen LogP) is 7.00. The van der Waals surface area contributed by atoms with Gasteiger partial charge in [-0.15, -0.1) is 10.2 Å². The molecule has 0 radical (unpaired) electrons. The van der Waals surface area contributed by atoms with Gasteiger partial charge in [-0.3, -0.25) is 4.79 Å². The molecule has 0 bridgehead atoms. The van der Waals surface area contributed by atoms with Gasteiger partial charge in [0, 0.05) is 16.7 Å². The van der Waals surface area contributed by atoms with E-state index in [9.17, 15) is 4.79 Å². The molecule has 3 aromatic rings. The lowest BCUT2D eigenvalue weighted by Crippen LogP contribution is -2.17. The molecule has 1 N–H and O–H groups in total. The van der Waals surface area contributed by atoms with E-state index in [4.69, 9.17) is 4.74 Å². The molecule has 1 unspecified atom stereocenters. The van der Waals surface area contributed by atoms with Crippen molar-refractivity contribution in [3.05, 3.63) is 63.9 Å². The number of carbonyl (C=O) groups excluding carboxylic acids is 1. The molecular weight excluding hydrogens is 512 g/mol. The zero-order valence-electron chi connectivity index (χ0n) is 20.6. The van der Waals surface area contributed by atoms with Gasteiger partial charge in [0.15, 0.2) is 17.1 Å². The summed E-state index contributed by atoms with van der Waals surface area (Å²) >= 11 is 4.84. The predicted molar refractivity (Wildman–Crippen MR) is 143 cm³/mol. The SMILES string of the molecule is Cc1cc(Br)ccc1NC(=O)CSc1nnc(C(C)Oc2ccc(C(C)C)cc2)n1CC(C)C.